The van der Waals surface area contributed by atoms with Gasteiger partial charge in [-0.25, -0.2) is 8.42 Å². The molecule has 0 saturated heterocycles. The Bertz CT molecular complexity index is 523. The van der Waals surface area contributed by atoms with E-state index in [9.17, 15) is 13.2 Å². The summed E-state index contributed by atoms with van der Waals surface area (Å²) in [5, 5.41) is 8.46. The lowest BCUT2D eigenvalue weighted by atomic mass is 10.3. The largest absolute Gasteiger partial charge is 0.481 e. The summed E-state index contributed by atoms with van der Waals surface area (Å²) >= 11 is 0. The molecule has 1 aromatic carbocycles. The minimum Gasteiger partial charge on any atom is -0.481 e. The Morgan fingerprint density at radius 1 is 1.26 bits per heavy atom. The molecular formula is C12H18N2O4S. The van der Waals surface area contributed by atoms with Crippen LogP contribution in [0.2, 0.25) is 0 Å². The monoisotopic (exact) mass is 286 g/mol. The van der Waals surface area contributed by atoms with Crippen molar-refractivity contribution in [3.8, 4) is 0 Å². The predicted octanol–water partition coefficient (Wildman–Crippen LogP) is 1.36. The zero-order chi connectivity index (χ0) is 14.5. The average molecular weight is 286 g/mol. The van der Waals surface area contributed by atoms with E-state index in [0.717, 1.165) is 5.69 Å². The fourth-order valence-corrected chi connectivity index (χ4v) is 2.59. The highest BCUT2D eigenvalue weighted by molar-refractivity contribution is 7.92. The van der Waals surface area contributed by atoms with E-state index in [1.807, 2.05) is 19.0 Å². The summed E-state index contributed by atoms with van der Waals surface area (Å²) in [5.74, 6) is -1.19. The molecule has 0 radical (unpaired) electrons. The van der Waals surface area contributed by atoms with Gasteiger partial charge in [0.2, 0.25) is 10.0 Å². The second kappa shape index (κ2) is 6.42. The van der Waals surface area contributed by atoms with Crippen molar-refractivity contribution in [2.45, 2.75) is 12.8 Å². The number of sulfonamides is 1. The molecule has 0 aliphatic carbocycles. The highest BCUT2D eigenvalue weighted by Gasteiger charge is 2.11. The van der Waals surface area contributed by atoms with Gasteiger partial charge in [0.05, 0.1) is 5.75 Å². The molecule has 1 aromatic rings. The fourth-order valence-electron chi connectivity index (χ4n) is 1.47. The van der Waals surface area contributed by atoms with Gasteiger partial charge in [-0.1, -0.05) is 0 Å². The van der Waals surface area contributed by atoms with Crippen LogP contribution in [0.4, 0.5) is 11.4 Å². The Balaban J connectivity index is 2.60. The Morgan fingerprint density at radius 2 is 1.84 bits per heavy atom. The van der Waals surface area contributed by atoms with Crippen molar-refractivity contribution in [3.05, 3.63) is 24.3 Å². The summed E-state index contributed by atoms with van der Waals surface area (Å²) < 4.78 is 25.8. The third-order valence-electron chi connectivity index (χ3n) is 2.46. The average Bonchev–Trinajstić information content (AvgIpc) is 2.28. The van der Waals surface area contributed by atoms with Crippen LogP contribution in [0.1, 0.15) is 12.8 Å². The van der Waals surface area contributed by atoms with Gasteiger partial charge in [0.25, 0.3) is 0 Å². The summed E-state index contributed by atoms with van der Waals surface area (Å²) in [6.45, 7) is 0. The molecule has 0 fully saturated rings. The second-order valence-corrected chi connectivity index (χ2v) is 6.20. The van der Waals surface area contributed by atoms with Gasteiger partial charge < -0.3 is 10.0 Å². The van der Waals surface area contributed by atoms with Crippen LogP contribution in [-0.2, 0) is 14.8 Å². The molecule has 2 N–H and O–H groups in total. The van der Waals surface area contributed by atoms with E-state index in [2.05, 4.69) is 4.72 Å². The summed E-state index contributed by atoms with van der Waals surface area (Å²) in [6, 6.07) is 6.94. The smallest absolute Gasteiger partial charge is 0.303 e. The lowest BCUT2D eigenvalue weighted by Gasteiger charge is -2.13. The number of carboxylic acids is 1. The number of hydrogen-bond donors (Lipinski definition) is 2. The Labute approximate surface area is 113 Å². The van der Waals surface area contributed by atoms with Gasteiger partial charge in [0.15, 0.2) is 0 Å². The predicted molar refractivity (Wildman–Crippen MR) is 75.0 cm³/mol. The van der Waals surface area contributed by atoms with E-state index in [4.69, 9.17) is 5.11 Å². The van der Waals surface area contributed by atoms with Crippen molar-refractivity contribution in [1.29, 1.82) is 0 Å². The molecule has 19 heavy (non-hydrogen) atoms. The summed E-state index contributed by atoms with van der Waals surface area (Å²) in [7, 11) is 0.298. The molecule has 0 saturated carbocycles. The number of anilines is 2. The van der Waals surface area contributed by atoms with Gasteiger partial charge >= 0.3 is 5.97 Å². The van der Waals surface area contributed by atoms with Crippen LogP contribution in [-0.4, -0.2) is 39.3 Å². The first-order valence-electron chi connectivity index (χ1n) is 5.80. The molecule has 0 aliphatic rings. The molecule has 106 valence electrons. The van der Waals surface area contributed by atoms with E-state index in [-0.39, 0.29) is 18.6 Å². The van der Waals surface area contributed by atoms with Crippen LogP contribution < -0.4 is 9.62 Å². The molecule has 6 nitrogen and oxygen atoms in total. The Kier molecular flexibility index (Phi) is 5.17. The minimum atomic E-state index is -3.49. The van der Waals surface area contributed by atoms with Crippen LogP contribution in [0.3, 0.4) is 0 Å². The van der Waals surface area contributed by atoms with Crippen molar-refractivity contribution < 1.29 is 18.3 Å². The summed E-state index contributed by atoms with van der Waals surface area (Å²) in [4.78, 5) is 12.2. The molecule has 1 rings (SSSR count). The number of aliphatic carboxylic acids is 1. The van der Waals surface area contributed by atoms with Gasteiger partial charge in [0, 0.05) is 31.9 Å². The molecular weight excluding hydrogens is 268 g/mol. The summed E-state index contributed by atoms with van der Waals surface area (Å²) in [5.41, 5.74) is 1.44. The van der Waals surface area contributed by atoms with E-state index < -0.39 is 16.0 Å². The van der Waals surface area contributed by atoms with Gasteiger partial charge in [0.1, 0.15) is 0 Å². The van der Waals surface area contributed by atoms with Crippen molar-refractivity contribution in [3.63, 3.8) is 0 Å². The van der Waals surface area contributed by atoms with Crippen molar-refractivity contribution >= 4 is 27.4 Å². The van der Waals surface area contributed by atoms with Gasteiger partial charge in [-0.2, -0.15) is 0 Å². The maximum atomic E-state index is 11.7. The van der Waals surface area contributed by atoms with E-state index >= 15 is 0 Å². The number of carbonyl (C=O) groups is 1. The van der Waals surface area contributed by atoms with Crippen molar-refractivity contribution in [1.82, 2.24) is 0 Å². The lowest BCUT2D eigenvalue weighted by Crippen LogP contribution is -2.17. The van der Waals surface area contributed by atoms with E-state index in [0.29, 0.717) is 5.69 Å². The first kappa shape index (κ1) is 15.3. The molecule has 0 spiro atoms. The molecule has 0 aromatic heterocycles. The Morgan fingerprint density at radius 3 is 2.32 bits per heavy atom. The SMILES string of the molecule is CN(C)c1ccc(NS(=O)(=O)CCCC(=O)O)cc1. The number of hydrogen-bond acceptors (Lipinski definition) is 4. The van der Waals surface area contributed by atoms with Crippen LogP contribution in [0, 0.1) is 0 Å². The molecule has 0 heterocycles. The second-order valence-electron chi connectivity index (χ2n) is 4.36. The van der Waals surface area contributed by atoms with Crippen molar-refractivity contribution in [2.24, 2.45) is 0 Å². The molecule has 0 unspecified atom stereocenters. The first-order valence-corrected chi connectivity index (χ1v) is 7.45. The number of carboxylic acid groups (broad SMARTS) is 1. The molecule has 7 heteroatoms. The summed E-state index contributed by atoms with van der Waals surface area (Å²) in [6.07, 6.45) is -0.0546. The van der Waals surface area contributed by atoms with Gasteiger partial charge in [-0.3, -0.25) is 9.52 Å². The quantitative estimate of drug-likeness (QED) is 0.790. The van der Waals surface area contributed by atoms with E-state index in [1.54, 1.807) is 24.3 Å². The maximum Gasteiger partial charge on any atom is 0.303 e. The standard InChI is InChI=1S/C12H18N2O4S/c1-14(2)11-7-5-10(6-8-11)13-19(17,18)9-3-4-12(15)16/h5-8,13H,3-4,9H2,1-2H3,(H,15,16). The van der Waals surface area contributed by atoms with Gasteiger partial charge in [-0.05, 0) is 30.7 Å². The molecule has 0 amide bonds. The van der Waals surface area contributed by atoms with Crippen LogP contribution >= 0.6 is 0 Å². The van der Waals surface area contributed by atoms with Gasteiger partial charge in [-0.15, -0.1) is 0 Å². The van der Waals surface area contributed by atoms with Crippen LogP contribution in [0.15, 0.2) is 24.3 Å². The first-order chi connectivity index (χ1) is 8.80. The lowest BCUT2D eigenvalue weighted by molar-refractivity contribution is -0.137. The Hall–Kier alpha value is -1.76. The minimum absolute atomic E-state index is 0.0977. The highest BCUT2D eigenvalue weighted by atomic mass is 32.2. The molecule has 0 bridgehead atoms. The van der Waals surface area contributed by atoms with Crippen molar-refractivity contribution in [2.75, 3.05) is 29.5 Å². The van der Waals surface area contributed by atoms with E-state index in [1.165, 1.54) is 0 Å². The number of benzene rings is 1. The zero-order valence-electron chi connectivity index (χ0n) is 11.0. The number of rotatable bonds is 7. The highest BCUT2D eigenvalue weighted by Crippen LogP contribution is 2.16. The number of nitrogens with zero attached hydrogens (tertiary/aromatic N) is 1. The van der Waals surface area contributed by atoms with Crippen LogP contribution in [0.25, 0.3) is 0 Å². The number of nitrogens with one attached hydrogen (secondary N) is 1. The third-order valence-corrected chi connectivity index (χ3v) is 3.83. The van der Waals surface area contributed by atoms with Crippen LogP contribution in [0.5, 0.6) is 0 Å². The topological polar surface area (TPSA) is 86.7 Å². The third kappa shape index (κ3) is 5.60. The molecule has 0 aliphatic heterocycles. The maximum absolute atomic E-state index is 11.7. The molecule has 0 atom stereocenters. The zero-order valence-corrected chi connectivity index (χ0v) is 11.8. The normalized spacial score (nSPS) is 11.1. The fraction of sp³-hybridized carbons (Fsp3) is 0.417.